The third-order valence-corrected chi connectivity index (χ3v) is 14.5. The Labute approximate surface area is 305 Å². The first kappa shape index (κ1) is 39.6. The van der Waals surface area contributed by atoms with Crippen molar-refractivity contribution in [3.05, 3.63) is 167 Å². The Balaban J connectivity index is 1.52. The van der Waals surface area contributed by atoms with Gasteiger partial charge < -0.3 is 0 Å². The van der Waals surface area contributed by atoms with E-state index in [9.17, 15) is 52.7 Å². The smallest absolute Gasteiger partial charge is 0.166 e. The van der Waals surface area contributed by atoms with E-state index >= 15 is 0 Å². The molecule has 0 amide bonds. The molecule has 0 bridgehead atoms. The van der Waals surface area contributed by atoms with E-state index in [0.717, 1.165) is 15.9 Å². The molecule has 14 heteroatoms. The molecule has 2 aliphatic carbocycles. The number of hydrogen-bond acceptors (Lipinski definition) is 0. The lowest BCUT2D eigenvalue weighted by molar-refractivity contribution is -0.144. The molecule has 3 atom stereocenters. The summed E-state index contributed by atoms with van der Waals surface area (Å²) in [6.45, 7) is 1.44. The van der Waals surface area contributed by atoms with Gasteiger partial charge in [0.1, 0.15) is 0 Å². The van der Waals surface area contributed by atoms with Crippen molar-refractivity contribution < 1.29 is 52.7 Å². The molecule has 0 nitrogen and oxygen atoms in total. The Hall–Kier alpha value is -4.14. The highest BCUT2D eigenvalue weighted by atomic mass is 31.1. The Morgan fingerprint density at radius 2 is 0.870 bits per heavy atom. The third kappa shape index (κ3) is 8.40. The first-order valence-electron chi connectivity index (χ1n) is 16.3. The topological polar surface area (TPSA) is 0 Å². The molecule has 0 heterocycles. The molecule has 0 aliphatic heterocycles. The molecule has 6 rings (SSSR count). The van der Waals surface area contributed by atoms with E-state index in [4.69, 9.17) is 0 Å². The van der Waals surface area contributed by atoms with Gasteiger partial charge in [0.05, 0.1) is 22.3 Å². The fourth-order valence-corrected chi connectivity index (χ4v) is 12.3. The normalized spacial score (nSPS) is 18.4. The molecule has 54 heavy (non-hydrogen) atoms. The second kappa shape index (κ2) is 14.8. The van der Waals surface area contributed by atoms with E-state index in [2.05, 4.69) is 0 Å². The van der Waals surface area contributed by atoms with Crippen LogP contribution in [0.2, 0.25) is 0 Å². The highest BCUT2D eigenvalue weighted by Crippen LogP contribution is 2.56. The largest absolute Gasteiger partial charge is 0.416 e. The second-order valence-corrected chi connectivity index (χ2v) is 17.5. The van der Waals surface area contributed by atoms with Crippen LogP contribution in [0.1, 0.15) is 29.2 Å². The van der Waals surface area contributed by atoms with Crippen LogP contribution in [0.3, 0.4) is 0 Å². The average molecular weight is 799 g/mol. The highest BCUT2D eigenvalue weighted by Gasteiger charge is 2.43. The Kier molecular flexibility index (Phi) is 10.9. The van der Waals surface area contributed by atoms with Crippen LogP contribution in [0, 0.1) is 11.8 Å². The summed E-state index contributed by atoms with van der Waals surface area (Å²) in [7, 11) is -3.95. The van der Waals surface area contributed by atoms with Gasteiger partial charge in [-0.05, 0) is 84.4 Å². The predicted molar refractivity (Wildman–Crippen MR) is 189 cm³/mol. The highest BCUT2D eigenvalue weighted by molar-refractivity contribution is 7.76. The Morgan fingerprint density at radius 3 is 1.26 bits per heavy atom. The van der Waals surface area contributed by atoms with Gasteiger partial charge in [-0.1, -0.05) is 110 Å². The zero-order valence-corrected chi connectivity index (χ0v) is 29.7. The lowest BCUT2D eigenvalue weighted by Crippen LogP contribution is -2.30. The van der Waals surface area contributed by atoms with Gasteiger partial charge in [-0.25, -0.2) is 0 Å². The van der Waals surface area contributed by atoms with E-state index < -0.39 is 90.9 Å². The molecule has 4 aromatic carbocycles. The maximum atomic E-state index is 14.1. The zero-order chi connectivity index (χ0) is 39.2. The quantitative estimate of drug-likeness (QED) is 0.123. The van der Waals surface area contributed by atoms with Crippen molar-refractivity contribution in [1.29, 1.82) is 0 Å². The molecular formula is C40H28F12P2. The molecule has 2 aliphatic rings. The van der Waals surface area contributed by atoms with Crippen LogP contribution in [-0.4, -0.2) is 5.66 Å². The number of allylic oxidation sites excluding steroid dienone is 8. The van der Waals surface area contributed by atoms with Crippen LogP contribution >= 0.6 is 15.8 Å². The second-order valence-electron chi connectivity index (χ2n) is 12.7. The minimum absolute atomic E-state index is 0.119. The van der Waals surface area contributed by atoms with Crippen LogP contribution in [0.5, 0.6) is 0 Å². The molecule has 0 saturated carbocycles. The van der Waals surface area contributed by atoms with Gasteiger partial charge >= 0.3 is 24.7 Å². The lowest BCUT2D eigenvalue weighted by Gasteiger charge is -2.35. The maximum Gasteiger partial charge on any atom is 0.416 e. The lowest BCUT2D eigenvalue weighted by atomic mass is 9.89. The molecule has 282 valence electrons. The molecule has 0 aromatic heterocycles. The summed E-state index contributed by atoms with van der Waals surface area (Å²) in [4.78, 5) is 0. The van der Waals surface area contributed by atoms with Gasteiger partial charge in [0, 0.05) is 11.8 Å². The number of benzene rings is 4. The van der Waals surface area contributed by atoms with Crippen molar-refractivity contribution in [2.45, 2.75) is 37.3 Å². The number of halogens is 12. The standard InChI is InChI=1S/C40H28F12P2/c1-24(33-14-8-15-34(33)35-16-9-17-36(35)54(29-10-4-2-5-11-29)30-12-6-3-7-13-30)53(31-20-25(37(41,42)43)18-26(21-31)38(44,45)46)32-22-27(39(47,48)49)19-28(23-32)40(50,51)52/h2-24,33,35H,1H3/t24-,33-,35-/m1/s1. The SMILES string of the molecule is C[C@H]([C@H]1C=CC=C1[C@H]1C=CC=C1P(c1ccccc1)c1ccccc1)P(c1cc(C(F)(F)F)cc(C(F)(F)F)c1)c1cc(C(F)(F)F)cc(C(F)(F)F)c1. The van der Waals surface area contributed by atoms with Gasteiger partial charge in [0.15, 0.2) is 0 Å². The number of alkyl halides is 12. The van der Waals surface area contributed by atoms with E-state index in [1.165, 1.54) is 6.92 Å². The summed E-state index contributed by atoms with van der Waals surface area (Å²) in [5.41, 5.74) is -7.35. The molecule has 0 spiro atoms. The molecule has 4 aromatic rings. The molecular weight excluding hydrogens is 770 g/mol. The fourth-order valence-electron chi connectivity index (χ4n) is 6.76. The summed E-state index contributed by atoms with van der Waals surface area (Å²) in [5.74, 6) is -1.25. The van der Waals surface area contributed by atoms with E-state index in [1.54, 1.807) is 18.2 Å². The average Bonchev–Trinajstić information content (AvgIpc) is 3.78. The molecule has 0 unspecified atom stereocenters. The monoisotopic (exact) mass is 798 g/mol. The summed E-state index contributed by atoms with van der Waals surface area (Å²) in [6, 6.07) is 20.5. The summed E-state index contributed by atoms with van der Waals surface area (Å²) in [6.07, 6.45) is -10.6. The molecule has 0 radical (unpaired) electrons. The summed E-state index contributed by atoms with van der Waals surface area (Å²) >= 11 is 0. The molecule has 0 saturated heterocycles. The van der Waals surface area contributed by atoms with Crippen molar-refractivity contribution in [2.24, 2.45) is 11.8 Å². The predicted octanol–water partition coefficient (Wildman–Crippen LogP) is 11.9. The molecule has 0 fully saturated rings. The van der Waals surface area contributed by atoms with Gasteiger partial charge in [-0.3, -0.25) is 0 Å². The maximum absolute atomic E-state index is 14.1. The number of rotatable bonds is 8. The summed E-state index contributed by atoms with van der Waals surface area (Å²) in [5, 5.41) is 1.59. The van der Waals surface area contributed by atoms with Gasteiger partial charge in [0.2, 0.25) is 0 Å². The van der Waals surface area contributed by atoms with Gasteiger partial charge in [0.25, 0.3) is 0 Å². The Bertz CT molecular complexity index is 1930. The Morgan fingerprint density at radius 1 is 0.481 bits per heavy atom. The fraction of sp³-hybridized carbons (Fsp3) is 0.200. The van der Waals surface area contributed by atoms with Crippen LogP contribution in [0.25, 0.3) is 0 Å². The van der Waals surface area contributed by atoms with Gasteiger partial charge in [-0.2, -0.15) is 52.7 Å². The van der Waals surface area contributed by atoms with E-state index in [-0.39, 0.29) is 12.1 Å². The molecule has 0 N–H and O–H groups in total. The van der Waals surface area contributed by atoms with E-state index in [1.807, 2.05) is 78.9 Å². The third-order valence-electron chi connectivity index (χ3n) is 9.16. The zero-order valence-electron chi connectivity index (χ0n) is 27.9. The number of hydrogen-bond donors (Lipinski definition) is 0. The van der Waals surface area contributed by atoms with Crippen molar-refractivity contribution in [3.63, 3.8) is 0 Å². The van der Waals surface area contributed by atoms with Crippen molar-refractivity contribution in [2.75, 3.05) is 0 Å². The van der Waals surface area contributed by atoms with Crippen LogP contribution in [-0.2, 0) is 24.7 Å². The first-order chi connectivity index (χ1) is 25.2. The van der Waals surface area contributed by atoms with Crippen LogP contribution in [0.4, 0.5) is 52.7 Å². The summed E-state index contributed by atoms with van der Waals surface area (Å²) < 4.78 is 169. The van der Waals surface area contributed by atoms with Crippen molar-refractivity contribution in [1.82, 2.24) is 0 Å². The van der Waals surface area contributed by atoms with Gasteiger partial charge in [-0.15, -0.1) is 0 Å². The van der Waals surface area contributed by atoms with Crippen LogP contribution < -0.4 is 21.2 Å². The minimum atomic E-state index is -5.32. The van der Waals surface area contributed by atoms with E-state index in [0.29, 0.717) is 29.8 Å². The van der Waals surface area contributed by atoms with Crippen LogP contribution in [0.15, 0.2) is 144 Å². The van der Waals surface area contributed by atoms with Crippen molar-refractivity contribution in [3.8, 4) is 0 Å². The first-order valence-corrected chi connectivity index (χ1v) is 19.0. The van der Waals surface area contributed by atoms with Crippen molar-refractivity contribution >= 4 is 37.1 Å². The minimum Gasteiger partial charge on any atom is -0.166 e.